The predicted octanol–water partition coefficient (Wildman–Crippen LogP) is 3.61. The zero-order valence-electron chi connectivity index (χ0n) is 14.3. The van der Waals surface area contributed by atoms with Crippen molar-refractivity contribution in [2.24, 2.45) is 0 Å². The van der Waals surface area contributed by atoms with E-state index in [0.717, 1.165) is 12.3 Å². The Labute approximate surface area is 150 Å². The number of carbonyl (C=O) groups is 1. The Kier molecular flexibility index (Phi) is 4.23. The molecule has 0 saturated carbocycles. The van der Waals surface area contributed by atoms with Gasteiger partial charge in [-0.05, 0) is 49.7 Å². The van der Waals surface area contributed by atoms with Crippen LogP contribution >= 0.6 is 0 Å². The van der Waals surface area contributed by atoms with E-state index in [9.17, 15) is 22.0 Å². The number of benzene rings is 2. The summed E-state index contributed by atoms with van der Waals surface area (Å²) < 4.78 is 57.1. The Hall–Kier alpha value is -2.54. The van der Waals surface area contributed by atoms with Crippen LogP contribution in [0.25, 0.3) is 11.3 Å². The molecule has 0 fully saturated rings. The van der Waals surface area contributed by atoms with Crippen LogP contribution in [0.2, 0.25) is 0 Å². The highest BCUT2D eigenvalue weighted by Crippen LogP contribution is 2.42. The second kappa shape index (κ2) is 6.02. The average Bonchev–Trinajstić information content (AvgIpc) is 2.76. The van der Waals surface area contributed by atoms with Crippen molar-refractivity contribution in [1.29, 1.82) is 0 Å². The fourth-order valence-electron chi connectivity index (χ4n) is 2.76. The summed E-state index contributed by atoms with van der Waals surface area (Å²) in [6.07, 6.45) is 0.970. The van der Waals surface area contributed by atoms with Gasteiger partial charge in [0.2, 0.25) is 5.78 Å². The van der Waals surface area contributed by atoms with E-state index >= 15 is 0 Å². The molecule has 0 aliphatic carbocycles. The van der Waals surface area contributed by atoms with Crippen molar-refractivity contribution >= 4 is 27.0 Å². The number of hydrogen-bond donors (Lipinski definition) is 0. The fourth-order valence-corrected chi connectivity index (χ4v) is 3.40. The van der Waals surface area contributed by atoms with Crippen LogP contribution in [0.1, 0.15) is 25.0 Å². The molecule has 7 heteroatoms. The number of Topliss-reactive ketones (excluding diaryl/α,β-unsaturated/α-hetero) is 1. The van der Waals surface area contributed by atoms with Crippen LogP contribution in [0.5, 0.6) is 0 Å². The minimum absolute atomic E-state index is 0.0387. The minimum atomic E-state index is -3.58. The molecule has 2 aromatic rings. The molecule has 0 atom stereocenters. The van der Waals surface area contributed by atoms with Gasteiger partial charge in [-0.3, -0.25) is 4.79 Å². The Morgan fingerprint density at radius 1 is 1.04 bits per heavy atom. The van der Waals surface area contributed by atoms with Crippen molar-refractivity contribution in [3.05, 3.63) is 65.2 Å². The van der Waals surface area contributed by atoms with E-state index < -0.39 is 32.9 Å². The van der Waals surface area contributed by atoms with Gasteiger partial charge in [0, 0.05) is 6.26 Å². The van der Waals surface area contributed by atoms with Gasteiger partial charge in [0.05, 0.1) is 16.0 Å². The van der Waals surface area contributed by atoms with E-state index in [2.05, 4.69) is 0 Å². The maximum Gasteiger partial charge on any atom is 0.210 e. The first-order valence-corrected chi connectivity index (χ1v) is 9.64. The second-order valence-corrected chi connectivity index (χ2v) is 8.59. The van der Waals surface area contributed by atoms with Crippen LogP contribution < -0.4 is 0 Å². The van der Waals surface area contributed by atoms with Crippen LogP contribution in [0.3, 0.4) is 0 Å². The third kappa shape index (κ3) is 3.14. The molecule has 2 aromatic carbocycles. The summed E-state index contributed by atoms with van der Waals surface area (Å²) in [5.41, 5.74) is -0.989. The molecule has 0 saturated heterocycles. The van der Waals surface area contributed by atoms with Gasteiger partial charge in [0.15, 0.2) is 15.4 Å². The van der Waals surface area contributed by atoms with Crippen LogP contribution in [-0.2, 0) is 19.4 Å². The van der Waals surface area contributed by atoms with E-state index in [-0.39, 0.29) is 27.4 Å². The molecule has 136 valence electrons. The maximum atomic E-state index is 14.6. The Balaban J connectivity index is 2.24. The number of rotatable bonds is 3. The summed E-state index contributed by atoms with van der Waals surface area (Å²) in [4.78, 5) is 12.6. The van der Waals surface area contributed by atoms with Crippen LogP contribution in [0.4, 0.5) is 8.78 Å². The van der Waals surface area contributed by atoms with E-state index in [1.807, 2.05) is 0 Å². The molecule has 0 radical (unpaired) electrons. The normalized spacial score (nSPS) is 16.7. The number of halogens is 2. The standard InChI is InChI=1S/C19H16F2O4S/c1-19(2)18(22)16(11-5-4-6-12(20)9-11)17(25-19)14-8-7-13(10-15(14)21)26(3,23)24/h4-10H,1-3H3. The van der Waals surface area contributed by atoms with Gasteiger partial charge in [-0.1, -0.05) is 12.1 Å². The molecular formula is C19H16F2O4S. The molecular weight excluding hydrogens is 362 g/mol. The topological polar surface area (TPSA) is 60.4 Å². The lowest BCUT2D eigenvalue weighted by molar-refractivity contribution is -0.125. The van der Waals surface area contributed by atoms with Crippen molar-refractivity contribution in [2.45, 2.75) is 24.3 Å². The minimum Gasteiger partial charge on any atom is -0.478 e. The monoisotopic (exact) mass is 378 g/mol. The highest BCUT2D eigenvalue weighted by molar-refractivity contribution is 7.90. The number of ether oxygens (including phenoxy) is 1. The van der Waals surface area contributed by atoms with Crippen LogP contribution in [0, 0.1) is 11.6 Å². The third-order valence-corrected chi connectivity index (χ3v) is 5.20. The summed E-state index contributed by atoms with van der Waals surface area (Å²) >= 11 is 0. The molecule has 3 rings (SSSR count). The molecule has 4 nitrogen and oxygen atoms in total. The predicted molar refractivity (Wildman–Crippen MR) is 92.9 cm³/mol. The zero-order chi connectivity index (χ0) is 19.3. The number of carbonyl (C=O) groups excluding carboxylic acids is 1. The van der Waals surface area contributed by atoms with Gasteiger partial charge < -0.3 is 4.74 Å². The third-order valence-electron chi connectivity index (χ3n) is 4.08. The first kappa shape index (κ1) is 18.3. The summed E-state index contributed by atoms with van der Waals surface area (Å²) in [6, 6.07) is 8.73. The number of hydrogen-bond acceptors (Lipinski definition) is 4. The Bertz CT molecular complexity index is 1050. The summed E-state index contributed by atoms with van der Waals surface area (Å²) in [5, 5.41) is 0. The molecule has 0 aromatic heterocycles. The zero-order valence-corrected chi connectivity index (χ0v) is 15.2. The summed E-state index contributed by atoms with van der Waals surface area (Å²) in [6.45, 7) is 3.06. The molecule has 26 heavy (non-hydrogen) atoms. The summed E-state index contributed by atoms with van der Waals surface area (Å²) in [7, 11) is -3.58. The van der Waals surface area contributed by atoms with Crippen LogP contribution in [-0.4, -0.2) is 26.1 Å². The molecule has 1 heterocycles. The first-order valence-electron chi connectivity index (χ1n) is 7.75. The number of sulfone groups is 1. The van der Waals surface area contributed by atoms with Gasteiger partial charge in [-0.15, -0.1) is 0 Å². The molecule has 0 spiro atoms. The van der Waals surface area contributed by atoms with Gasteiger partial charge in [0.1, 0.15) is 17.4 Å². The Morgan fingerprint density at radius 2 is 1.73 bits per heavy atom. The van der Waals surface area contributed by atoms with E-state index in [0.29, 0.717) is 0 Å². The van der Waals surface area contributed by atoms with Gasteiger partial charge in [0.25, 0.3) is 0 Å². The van der Waals surface area contributed by atoms with Crippen molar-refractivity contribution in [2.75, 3.05) is 6.26 Å². The van der Waals surface area contributed by atoms with Crippen molar-refractivity contribution < 1.29 is 26.7 Å². The highest BCUT2D eigenvalue weighted by atomic mass is 32.2. The average molecular weight is 378 g/mol. The van der Waals surface area contributed by atoms with Crippen molar-refractivity contribution in [3.8, 4) is 0 Å². The quantitative estimate of drug-likeness (QED) is 0.819. The lowest BCUT2D eigenvalue weighted by atomic mass is 9.92. The molecule has 0 N–H and O–H groups in total. The molecule has 0 unspecified atom stereocenters. The fraction of sp³-hybridized carbons (Fsp3) is 0.211. The number of ketones is 1. The Morgan fingerprint density at radius 3 is 2.31 bits per heavy atom. The van der Waals surface area contributed by atoms with E-state index in [4.69, 9.17) is 4.74 Å². The maximum absolute atomic E-state index is 14.6. The van der Waals surface area contributed by atoms with Crippen molar-refractivity contribution in [3.63, 3.8) is 0 Å². The van der Waals surface area contributed by atoms with Gasteiger partial charge >= 0.3 is 0 Å². The lowest BCUT2D eigenvalue weighted by Crippen LogP contribution is -2.29. The largest absolute Gasteiger partial charge is 0.478 e. The highest BCUT2D eigenvalue weighted by Gasteiger charge is 2.43. The van der Waals surface area contributed by atoms with Crippen LogP contribution in [0.15, 0.2) is 47.4 Å². The van der Waals surface area contributed by atoms with E-state index in [1.165, 1.54) is 50.2 Å². The van der Waals surface area contributed by atoms with Gasteiger partial charge in [-0.2, -0.15) is 0 Å². The summed E-state index contributed by atoms with van der Waals surface area (Å²) in [5.74, 6) is -1.84. The smallest absolute Gasteiger partial charge is 0.210 e. The first-order chi connectivity index (χ1) is 12.0. The SMILES string of the molecule is CC1(C)OC(c2ccc(S(C)(=O)=O)cc2F)=C(c2cccc(F)c2)C1=O. The molecule has 0 amide bonds. The lowest BCUT2D eigenvalue weighted by Gasteiger charge is -2.18. The molecule has 0 bridgehead atoms. The van der Waals surface area contributed by atoms with Gasteiger partial charge in [-0.25, -0.2) is 17.2 Å². The molecule has 1 aliphatic heterocycles. The molecule has 1 aliphatic rings. The second-order valence-electron chi connectivity index (χ2n) is 6.57. The van der Waals surface area contributed by atoms with E-state index in [1.54, 1.807) is 0 Å². The van der Waals surface area contributed by atoms with Crippen molar-refractivity contribution in [1.82, 2.24) is 0 Å².